The summed E-state index contributed by atoms with van der Waals surface area (Å²) in [4.78, 5) is 20.2. The van der Waals surface area contributed by atoms with Crippen molar-refractivity contribution in [1.82, 2.24) is 14.5 Å². The Bertz CT molecular complexity index is 1210. The number of halogens is 1. The second kappa shape index (κ2) is 8.79. The average Bonchev–Trinajstić information content (AvgIpc) is 3.37. The van der Waals surface area contributed by atoms with Crippen LogP contribution in [0.2, 0.25) is 0 Å². The molecule has 162 valence electrons. The Balaban J connectivity index is 1.54. The van der Waals surface area contributed by atoms with E-state index in [1.807, 2.05) is 0 Å². The van der Waals surface area contributed by atoms with Crippen molar-refractivity contribution in [2.24, 2.45) is 0 Å². The molecule has 1 aliphatic rings. The van der Waals surface area contributed by atoms with Crippen molar-refractivity contribution >= 4 is 21.6 Å². The van der Waals surface area contributed by atoms with Crippen LogP contribution in [0.5, 0.6) is 5.75 Å². The Morgan fingerprint density at radius 2 is 2.06 bits per heavy atom. The lowest BCUT2D eigenvalue weighted by molar-refractivity contribution is 0.143. The molecule has 8 heteroatoms. The van der Waals surface area contributed by atoms with Crippen molar-refractivity contribution in [3.63, 3.8) is 0 Å². The van der Waals surface area contributed by atoms with Gasteiger partial charge >= 0.3 is 0 Å². The van der Waals surface area contributed by atoms with Crippen LogP contribution >= 0.6 is 11.3 Å². The van der Waals surface area contributed by atoms with Crippen LogP contribution in [0, 0.1) is 17.7 Å². The number of ether oxygens (including phenoxy) is 1. The third-order valence-electron chi connectivity index (χ3n) is 4.99. The van der Waals surface area contributed by atoms with Crippen molar-refractivity contribution in [3.05, 3.63) is 51.6 Å². The van der Waals surface area contributed by atoms with E-state index in [0.29, 0.717) is 27.4 Å². The van der Waals surface area contributed by atoms with Gasteiger partial charge < -0.3 is 9.84 Å². The topological polar surface area (TPSA) is 67.6 Å². The van der Waals surface area contributed by atoms with Crippen LogP contribution < -0.4 is 10.3 Å². The Kier molecular flexibility index (Phi) is 6.10. The van der Waals surface area contributed by atoms with Gasteiger partial charge in [-0.15, -0.1) is 11.3 Å². The maximum atomic E-state index is 14.6. The molecule has 0 radical (unpaired) electrons. The normalized spacial score (nSPS) is 14.6. The van der Waals surface area contributed by atoms with Crippen molar-refractivity contribution in [1.29, 1.82) is 0 Å². The highest BCUT2D eigenvalue weighted by atomic mass is 32.1. The fraction of sp³-hybridized carbons (Fsp3) is 0.391. The summed E-state index contributed by atoms with van der Waals surface area (Å²) in [6.45, 7) is 6.51. The Hall–Kier alpha value is -2.73. The number of fused-ring (bicyclic) bond motifs is 1. The molecular weight excluding hydrogens is 417 g/mol. The van der Waals surface area contributed by atoms with Gasteiger partial charge in [0.25, 0.3) is 5.56 Å². The van der Waals surface area contributed by atoms with E-state index in [0.717, 1.165) is 19.6 Å². The number of thiophene rings is 1. The average molecular weight is 442 g/mol. The van der Waals surface area contributed by atoms with Gasteiger partial charge in [0.1, 0.15) is 23.2 Å². The summed E-state index contributed by atoms with van der Waals surface area (Å²) in [6.07, 6.45) is 3.79. The van der Waals surface area contributed by atoms with E-state index < -0.39 is 11.4 Å². The Morgan fingerprint density at radius 3 is 2.77 bits per heavy atom. The minimum absolute atomic E-state index is 0.172. The SMILES string of the molecule is CC(C)(O)C#Cc1cc2ncn(-c3ccc(OCCN4CCCC4)c(F)c3)c(=O)c2s1. The molecule has 31 heavy (non-hydrogen) atoms. The predicted octanol–water partition coefficient (Wildman–Crippen LogP) is 3.18. The van der Waals surface area contributed by atoms with E-state index in [1.165, 1.54) is 41.1 Å². The van der Waals surface area contributed by atoms with Gasteiger partial charge in [-0.25, -0.2) is 9.37 Å². The highest BCUT2D eigenvalue weighted by molar-refractivity contribution is 7.19. The lowest BCUT2D eigenvalue weighted by Crippen LogP contribution is -2.25. The number of benzene rings is 1. The molecule has 0 saturated carbocycles. The molecular formula is C23H24FN3O3S. The Labute approximate surface area is 183 Å². The van der Waals surface area contributed by atoms with Crippen molar-refractivity contribution in [2.45, 2.75) is 32.3 Å². The smallest absolute Gasteiger partial charge is 0.275 e. The first-order valence-corrected chi connectivity index (χ1v) is 11.0. The molecule has 6 nitrogen and oxygen atoms in total. The number of aliphatic hydroxyl groups is 1. The van der Waals surface area contributed by atoms with Crippen LogP contribution in [0.15, 0.2) is 35.4 Å². The first-order valence-electron chi connectivity index (χ1n) is 10.2. The first kappa shape index (κ1) is 21.5. The van der Waals surface area contributed by atoms with Crippen LogP contribution in [0.4, 0.5) is 4.39 Å². The summed E-state index contributed by atoms with van der Waals surface area (Å²) < 4.78 is 21.9. The van der Waals surface area contributed by atoms with E-state index in [2.05, 4.69) is 21.7 Å². The van der Waals surface area contributed by atoms with Gasteiger partial charge in [0.05, 0.1) is 16.1 Å². The molecule has 1 aliphatic heterocycles. The van der Waals surface area contributed by atoms with Gasteiger partial charge in [0.15, 0.2) is 11.6 Å². The van der Waals surface area contributed by atoms with Crippen LogP contribution in [0.25, 0.3) is 15.9 Å². The summed E-state index contributed by atoms with van der Waals surface area (Å²) in [6, 6.07) is 6.18. The standard InChI is InChI=1S/C23H24FN3O3S/c1-23(2,29)8-7-17-14-19-21(31-17)22(28)27(15-25-19)16-5-6-20(18(24)13-16)30-12-11-26-9-3-4-10-26/h5-6,13-15,29H,3-4,9-12H2,1-2H3. The zero-order valence-corrected chi connectivity index (χ0v) is 18.3. The third-order valence-corrected chi connectivity index (χ3v) is 6.01. The molecule has 1 aromatic carbocycles. The third kappa shape index (κ3) is 5.13. The maximum Gasteiger partial charge on any atom is 0.275 e. The van der Waals surface area contributed by atoms with Gasteiger partial charge in [-0.3, -0.25) is 14.3 Å². The zero-order chi connectivity index (χ0) is 22.0. The van der Waals surface area contributed by atoms with Gasteiger partial charge in [0.2, 0.25) is 0 Å². The van der Waals surface area contributed by atoms with Crippen LogP contribution in [-0.4, -0.2) is 51.4 Å². The number of nitrogens with zero attached hydrogens (tertiary/aromatic N) is 3. The summed E-state index contributed by atoms with van der Waals surface area (Å²) in [5.41, 5.74) is -0.525. The largest absolute Gasteiger partial charge is 0.489 e. The molecule has 0 atom stereocenters. The molecule has 2 aromatic heterocycles. The molecule has 3 heterocycles. The second-order valence-electron chi connectivity index (χ2n) is 8.07. The molecule has 0 aliphatic carbocycles. The first-order chi connectivity index (χ1) is 14.8. The monoisotopic (exact) mass is 441 g/mol. The Morgan fingerprint density at radius 1 is 1.29 bits per heavy atom. The lowest BCUT2D eigenvalue weighted by atomic mass is 10.1. The molecule has 3 aromatic rings. The summed E-state index contributed by atoms with van der Waals surface area (Å²) in [5, 5.41) is 9.76. The fourth-order valence-corrected chi connectivity index (χ4v) is 4.31. The van der Waals surface area contributed by atoms with Crippen molar-refractivity contribution < 1.29 is 14.2 Å². The second-order valence-corrected chi connectivity index (χ2v) is 9.12. The van der Waals surface area contributed by atoms with Crippen LogP contribution in [0.1, 0.15) is 31.6 Å². The lowest BCUT2D eigenvalue weighted by Gasteiger charge is -2.15. The number of hydrogen-bond donors (Lipinski definition) is 1. The zero-order valence-electron chi connectivity index (χ0n) is 17.5. The fourth-order valence-electron chi connectivity index (χ4n) is 3.42. The van der Waals surface area contributed by atoms with E-state index >= 15 is 0 Å². The van der Waals surface area contributed by atoms with Gasteiger partial charge in [0, 0.05) is 12.6 Å². The molecule has 1 fully saturated rings. The highest BCUT2D eigenvalue weighted by Crippen LogP contribution is 2.23. The molecule has 0 spiro atoms. The minimum Gasteiger partial charge on any atom is -0.489 e. The van der Waals surface area contributed by atoms with E-state index in [-0.39, 0.29) is 11.3 Å². The van der Waals surface area contributed by atoms with Crippen molar-refractivity contribution in [2.75, 3.05) is 26.2 Å². The summed E-state index contributed by atoms with van der Waals surface area (Å²) >= 11 is 1.20. The van der Waals surface area contributed by atoms with E-state index in [1.54, 1.807) is 32.0 Å². The van der Waals surface area contributed by atoms with E-state index in [4.69, 9.17) is 4.74 Å². The molecule has 1 N–H and O–H groups in total. The summed E-state index contributed by atoms with van der Waals surface area (Å²) in [5.74, 6) is 5.25. The summed E-state index contributed by atoms with van der Waals surface area (Å²) in [7, 11) is 0. The van der Waals surface area contributed by atoms with Crippen LogP contribution in [0.3, 0.4) is 0 Å². The van der Waals surface area contributed by atoms with Gasteiger partial charge in [-0.1, -0.05) is 11.8 Å². The minimum atomic E-state index is -1.13. The van der Waals surface area contributed by atoms with Crippen LogP contribution in [-0.2, 0) is 0 Å². The van der Waals surface area contributed by atoms with Crippen molar-refractivity contribution in [3.8, 4) is 23.3 Å². The molecule has 0 unspecified atom stereocenters. The highest BCUT2D eigenvalue weighted by Gasteiger charge is 2.14. The van der Waals surface area contributed by atoms with Gasteiger partial charge in [-0.05, 0) is 58.0 Å². The predicted molar refractivity (Wildman–Crippen MR) is 120 cm³/mol. The number of likely N-dealkylation sites (tertiary alicyclic amines) is 1. The molecule has 0 amide bonds. The molecule has 4 rings (SSSR count). The van der Waals surface area contributed by atoms with Gasteiger partial charge in [-0.2, -0.15) is 0 Å². The molecule has 0 bridgehead atoms. The molecule has 1 saturated heterocycles. The number of rotatable bonds is 5. The number of hydrogen-bond acceptors (Lipinski definition) is 6. The number of aromatic nitrogens is 2. The maximum absolute atomic E-state index is 14.6. The van der Waals surface area contributed by atoms with E-state index in [9.17, 15) is 14.3 Å². The quantitative estimate of drug-likeness (QED) is 0.616.